The van der Waals surface area contributed by atoms with Crippen molar-refractivity contribution in [3.8, 4) is 0 Å². The average Bonchev–Trinajstić information content (AvgIpc) is 3.19. The van der Waals surface area contributed by atoms with Gasteiger partial charge in [0.05, 0.1) is 18.8 Å². The highest BCUT2D eigenvalue weighted by Crippen LogP contribution is 2.39. The van der Waals surface area contributed by atoms with Gasteiger partial charge in [-0.25, -0.2) is 0 Å². The normalized spacial score (nSPS) is 23.9. The number of allylic oxidation sites excluding steroid dienone is 2. The van der Waals surface area contributed by atoms with Crippen LogP contribution in [0.4, 0.5) is 0 Å². The number of rotatable bonds is 20. The molecule has 7 nitrogen and oxygen atoms in total. The summed E-state index contributed by atoms with van der Waals surface area (Å²) in [5, 5.41) is 19.8. The number of unbranched alkanes of at least 4 members (excludes halogenated alkanes) is 1. The fourth-order valence-corrected chi connectivity index (χ4v) is 5.15. The molecule has 220 valence electrons. The van der Waals surface area contributed by atoms with Gasteiger partial charge in [-0.3, -0.25) is 4.79 Å². The van der Waals surface area contributed by atoms with Crippen LogP contribution in [0.1, 0.15) is 71.8 Å². The number of hydrogen-bond donors (Lipinski definition) is 2. The van der Waals surface area contributed by atoms with E-state index in [9.17, 15) is 9.90 Å². The molecule has 7 atom stereocenters. The Labute approximate surface area is 235 Å². The summed E-state index contributed by atoms with van der Waals surface area (Å²) < 4.78 is 23.5. The highest BCUT2D eigenvalue weighted by molar-refractivity contribution is 5.66. The van der Waals surface area contributed by atoms with Crippen LogP contribution in [-0.4, -0.2) is 60.8 Å². The Bertz CT molecular complexity index is 840. The lowest BCUT2D eigenvalue weighted by Gasteiger charge is -2.25. The standard InChI is InChI=1S/C32H50O7/c1-5-36-24(3)38-23-27(19-18-26-14-10-9-11-15-26)20-21-29-28(16-12-7-8-13-17-32(34)35)30(33)22-31(29)39-25(4)37-6-2/h7,9-12,14-15,20-21,24-25,27-31,33H,5-6,8,13,16-19,22-23H2,1-4H3,(H,34,35)/b12-7-,21-20+/t24?,25?,27-,28+,29+,30-,31?/m0/s1. The van der Waals surface area contributed by atoms with Gasteiger partial charge in [0, 0.05) is 37.9 Å². The molecule has 1 aliphatic carbocycles. The van der Waals surface area contributed by atoms with Gasteiger partial charge < -0.3 is 29.2 Å². The maximum atomic E-state index is 11.0. The average molecular weight is 547 g/mol. The molecule has 1 saturated carbocycles. The van der Waals surface area contributed by atoms with Crippen molar-refractivity contribution in [1.29, 1.82) is 0 Å². The number of aryl methyl sites for hydroxylation is 1. The van der Waals surface area contributed by atoms with Crippen LogP contribution in [0, 0.1) is 17.8 Å². The SMILES string of the molecule is CCOC(C)OC[C@H](/C=C/[C@H]1C(OC(C)OCC)C[C@H](O)[C@@H]1C/C=C\CCCC(=O)O)CCc1ccccc1. The molecule has 1 aromatic rings. The third kappa shape index (κ3) is 13.3. The van der Waals surface area contributed by atoms with Crippen molar-refractivity contribution in [2.45, 2.75) is 97.4 Å². The van der Waals surface area contributed by atoms with Gasteiger partial charge in [0.1, 0.15) is 0 Å². The van der Waals surface area contributed by atoms with E-state index in [1.807, 2.05) is 39.8 Å². The summed E-state index contributed by atoms with van der Waals surface area (Å²) in [6.45, 7) is 9.45. The van der Waals surface area contributed by atoms with E-state index in [0.717, 1.165) is 12.8 Å². The number of carboxylic acids is 1. The minimum atomic E-state index is -0.773. The Hall–Kier alpha value is -2.03. The van der Waals surface area contributed by atoms with Crippen LogP contribution < -0.4 is 0 Å². The predicted octanol–water partition coefficient (Wildman–Crippen LogP) is 6.16. The van der Waals surface area contributed by atoms with Crippen molar-refractivity contribution >= 4 is 5.97 Å². The molecule has 0 aromatic heterocycles. The molecule has 39 heavy (non-hydrogen) atoms. The largest absolute Gasteiger partial charge is 0.481 e. The summed E-state index contributed by atoms with van der Waals surface area (Å²) in [4.78, 5) is 10.8. The van der Waals surface area contributed by atoms with Crippen molar-refractivity contribution in [2.75, 3.05) is 19.8 Å². The van der Waals surface area contributed by atoms with Gasteiger partial charge in [0.15, 0.2) is 12.6 Å². The summed E-state index contributed by atoms with van der Waals surface area (Å²) in [6, 6.07) is 10.5. The zero-order valence-corrected chi connectivity index (χ0v) is 24.2. The van der Waals surface area contributed by atoms with Gasteiger partial charge in [-0.2, -0.15) is 0 Å². The number of aliphatic hydroxyl groups excluding tert-OH is 1. The highest BCUT2D eigenvalue weighted by Gasteiger charge is 2.42. The number of ether oxygens (including phenoxy) is 4. The van der Waals surface area contributed by atoms with E-state index in [4.69, 9.17) is 24.1 Å². The zero-order chi connectivity index (χ0) is 28.5. The van der Waals surface area contributed by atoms with Crippen LogP contribution in [-0.2, 0) is 30.2 Å². The second-order valence-corrected chi connectivity index (χ2v) is 10.3. The van der Waals surface area contributed by atoms with Gasteiger partial charge in [-0.1, -0.05) is 54.6 Å². The molecule has 3 unspecified atom stereocenters. The molecule has 0 heterocycles. The molecule has 0 radical (unpaired) electrons. The number of aliphatic hydroxyl groups is 1. The number of aliphatic carboxylic acids is 1. The summed E-state index contributed by atoms with van der Waals surface area (Å²) in [5.74, 6) is -0.559. The van der Waals surface area contributed by atoms with Crippen molar-refractivity contribution in [3.05, 3.63) is 60.2 Å². The van der Waals surface area contributed by atoms with Gasteiger partial charge in [-0.15, -0.1) is 0 Å². The number of carbonyl (C=O) groups is 1. The van der Waals surface area contributed by atoms with E-state index in [2.05, 4.69) is 42.5 Å². The Kier molecular flexibility index (Phi) is 16.3. The van der Waals surface area contributed by atoms with Gasteiger partial charge in [0.2, 0.25) is 0 Å². The Morgan fingerprint density at radius 3 is 2.46 bits per heavy atom. The first-order valence-corrected chi connectivity index (χ1v) is 14.6. The van der Waals surface area contributed by atoms with Crippen LogP contribution in [0.15, 0.2) is 54.6 Å². The second kappa shape index (κ2) is 19.1. The third-order valence-corrected chi connectivity index (χ3v) is 7.19. The fraction of sp³-hybridized carbons (Fsp3) is 0.656. The van der Waals surface area contributed by atoms with E-state index in [1.54, 1.807) is 0 Å². The molecule has 0 aliphatic heterocycles. The third-order valence-electron chi connectivity index (χ3n) is 7.19. The molecule has 2 N–H and O–H groups in total. The van der Waals surface area contributed by atoms with E-state index < -0.39 is 12.1 Å². The molecule has 0 amide bonds. The smallest absolute Gasteiger partial charge is 0.303 e. The lowest BCUT2D eigenvalue weighted by atomic mass is 9.88. The molecule has 0 spiro atoms. The van der Waals surface area contributed by atoms with Crippen LogP contribution >= 0.6 is 0 Å². The summed E-state index contributed by atoms with van der Waals surface area (Å²) in [6.07, 6.45) is 11.9. The maximum Gasteiger partial charge on any atom is 0.303 e. The Morgan fingerprint density at radius 1 is 1.05 bits per heavy atom. The van der Waals surface area contributed by atoms with Gasteiger partial charge in [-0.05, 0) is 71.3 Å². The molecule has 2 rings (SSSR count). The van der Waals surface area contributed by atoms with E-state index >= 15 is 0 Å². The van der Waals surface area contributed by atoms with E-state index in [-0.39, 0.29) is 42.9 Å². The Morgan fingerprint density at radius 2 is 1.77 bits per heavy atom. The van der Waals surface area contributed by atoms with Crippen LogP contribution in [0.3, 0.4) is 0 Å². The van der Waals surface area contributed by atoms with E-state index in [0.29, 0.717) is 45.5 Å². The van der Waals surface area contributed by atoms with Crippen molar-refractivity contribution in [1.82, 2.24) is 0 Å². The van der Waals surface area contributed by atoms with Crippen LogP contribution in [0.25, 0.3) is 0 Å². The highest BCUT2D eigenvalue weighted by atomic mass is 16.7. The first kappa shape index (κ1) is 33.2. The first-order valence-electron chi connectivity index (χ1n) is 14.6. The molecule has 0 saturated heterocycles. The van der Waals surface area contributed by atoms with Crippen molar-refractivity contribution in [3.63, 3.8) is 0 Å². The molecule has 7 heteroatoms. The number of hydrogen-bond acceptors (Lipinski definition) is 6. The van der Waals surface area contributed by atoms with E-state index in [1.165, 1.54) is 5.56 Å². The lowest BCUT2D eigenvalue weighted by molar-refractivity contribution is -0.163. The molecule has 1 fully saturated rings. The van der Waals surface area contributed by atoms with Crippen LogP contribution in [0.5, 0.6) is 0 Å². The zero-order valence-electron chi connectivity index (χ0n) is 24.2. The summed E-state index contributed by atoms with van der Waals surface area (Å²) >= 11 is 0. The predicted molar refractivity (Wildman–Crippen MR) is 153 cm³/mol. The molecule has 1 aliphatic rings. The van der Waals surface area contributed by atoms with Gasteiger partial charge >= 0.3 is 5.97 Å². The lowest BCUT2D eigenvalue weighted by Crippen LogP contribution is -2.27. The maximum absolute atomic E-state index is 11.0. The molecule has 1 aromatic carbocycles. The first-order chi connectivity index (χ1) is 18.8. The molecular formula is C32H50O7. The monoisotopic (exact) mass is 546 g/mol. The van der Waals surface area contributed by atoms with Crippen molar-refractivity contribution < 1.29 is 34.0 Å². The van der Waals surface area contributed by atoms with Crippen LogP contribution in [0.2, 0.25) is 0 Å². The van der Waals surface area contributed by atoms with Gasteiger partial charge in [0.25, 0.3) is 0 Å². The quantitative estimate of drug-likeness (QED) is 0.115. The molecule has 0 bridgehead atoms. The summed E-state index contributed by atoms with van der Waals surface area (Å²) in [5.41, 5.74) is 1.29. The second-order valence-electron chi connectivity index (χ2n) is 10.3. The minimum absolute atomic E-state index is 0.00819. The Balaban J connectivity index is 2.14. The number of benzene rings is 1. The van der Waals surface area contributed by atoms with Crippen molar-refractivity contribution in [2.24, 2.45) is 17.8 Å². The molecular weight excluding hydrogens is 496 g/mol. The minimum Gasteiger partial charge on any atom is -0.481 e. The number of carboxylic acid groups (broad SMARTS) is 1. The summed E-state index contributed by atoms with van der Waals surface area (Å²) in [7, 11) is 0. The fourth-order valence-electron chi connectivity index (χ4n) is 5.15. The topological polar surface area (TPSA) is 94.5 Å².